The number of hydrogen-bond donors (Lipinski definition) is 3. The van der Waals surface area contributed by atoms with Gasteiger partial charge in [0.15, 0.2) is 0 Å². The summed E-state index contributed by atoms with van der Waals surface area (Å²) in [5.74, 6) is 0.488. The molecule has 0 aromatic heterocycles. The van der Waals surface area contributed by atoms with E-state index in [1.165, 1.54) is 0 Å². The summed E-state index contributed by atoms with van der Waals surface area (Å²) >= 11 is 5.53. The monoisotopic (exact) mass is 269 g/mol. The first-order chi connectivity index (χ1) is 8.61. The summed E-state index contributed by atoms with van der Waals surface area (Å²) in [6.07, 6.45) is 2.01. The minimum atomic E-state index is -0.638. The number of benzene rings is 1. The summed E-state index contributed by atoms with van der Waals surface area (Å²) in [4.78, 5) is 22.2. The molecule has 0 aliphatic carbocycles. The molecule has 0 fully saturated rings. The van der Waals surface area contributed by atoms with Crippen molar-refractivity contribution in [2.45, 2.75) is 19.3 Å². The van der Waals surface area contributed by atoms with Gasteiger partial charge in [-0.3, -0.25) is 4.79 Å². The molecule has 0 spiro atoms. The number of nitrogens with one attached hydrogen (secondary N) is 2. The Labute approximate surface area is 111 Å². The van der Waals surface area contributed by atoms with Crippen molar-refractivity contribution in [1.82, 2.24) is 0 Å². The van der Waals surface area contributed by atoms with Crippen LogP contribution in [0.2, 0.25) is 0 Å². The number of alkyl halides is 1. The van der Waals surface area contributed by atoms with Gasteiger partial charge in [-0.15, -0.1) is 11.6 Å². The van der Waals surface area contributed by atoms with Gasteiger partial charge in [-0.05, 0) is 31.0 Å². The van der Waals surface area contributed by atoms with Crippen molar-refractivity contribution < 1.29 is 9.59 Å². The number of amides is 3. The number of anilines is 2. The van der Waals surface area contributed by atoms with Crippen LogP contribution < -0.4 is 16.4 Å². The molecule has 0 aliphatic rings. The average molecular weight is 270 g/mol. The van der Waals surface area contributed by atoms with E-state index in [9.17, 15) is 9.59 Å². The van der Waals surface area contributed by atoms with E-state index >= 15 is 0 Å². The molecule has 6 heteroatoms. The van der Waals surface area contributed by atoms with Crippen LogP contribution in [0.1, 0.15) is 19.3 Å². The van der Waals surface area contributed by atoms with Crippen molar-refractivity contribution in [2.75, 3.05) is 16.5 Å². The van der Waals surface area contributed by atoms with Crippen LogP contribution in [0.3, 0.4) is 0 Å². The van der Waals surface area contributed by atoms with Crippen molar-refractivity contribution in [1.29, 1.82) is 0 Å². The Morgan fingerprint density at radius 2 is 1.83 bits per heavy atom. The quantitative estimate of drug-likeness (QED) is 0.548. The Bertz CT molecular complexity index is 424. The van der Waals surface area contributed by atoms with Crippen LogP contribution >= 0.6 is 11.6 Å². The molecule has 0 atom stereocenters. The Morgan fingerprint density at radius 1 is 1.17 bits per heavy atom. The molecule has 0 aliphatic heterocycles. The van der Waals surface area contributed by atoms with Gasteiger partial charge in [-0.25, -0.2) is 4.79 Å². The molecule has 1 aromatic rings. The van der Waals surface area contributed by atoms with E-state index in [-0.39, 0.29) is 5.91 Å². The molecular weight excluding hydrogens is 254 g/mol. The van der Waals surface area contributed by atoms with E-state index in [2.05, 4.69) is 10.6 Å². The van der Waals surface area contributed by atoms with Crippen molar-refractivity contribution in [2.24, 2.45) is 5.73 Å². The van der Waals surface area contributed by atoms with Crippen LogP contribution in [0.25, 0.3) is 0 Å². The van der Waals surface area contributed by atoms with Gasteiger partial charge in [-0.1, -0.05) is 6.07 Å². The number of carbonyl (C=O) groups is 2. The van der Waals surface area contributed by atoms with Gasteiger partial charge in [-0.2, -0.15) is 0 Å². The molecule has 0 heterocycles. The fraction of sp³-hybridized carbons (Fsp3) is 0.333. The number of unbranched alkanes of at least 4 members (excludes halogenated alkanes) is 1. The first-order valence-corrected chi connectivity index (χ1v) is 6.17. The normalized spacial score (nSPS) is 9.83. The van der Waals surface area contributed by atoms with Gasteiger partial charge in [0.25, 0.3) is 0 Å². The molecule has 0 unspecified atom stereocenters. The highest BCUT2D eigenvalue weighted by atomic mass is 35.5. The molecule has 5 nitrogen and oxygen atoms in total. The highest BCUT2D eigenvalue weighted by Crippen LogP contribution is 2.15. The zero-order valence-electron chi connectivity index (χ0n) is 9.91. The van der Waals surface area contributed by atoms with Crippen LogP contribution in [0.4, 0.5) is 16.2 Å². The van der Waals surface area contributed by atoms with Gasteiger partial charge < -0.3 is 16.4 Å². The number of primary amides is 1. The Hall–Kier alpha value is -1.75. The molecule has 98 valence electrons. The van der Waals surface area contributed by atoms with Crippen molar-refractivity contribution in [3.8, 4) is 0 Å². The fourth-order valence-corrected chi connectivity index (χ4v) is 1.61. The van der Waals surface area contributed by atoms with Gasteiger partial charge >= 0.3 is 6.03 Å². The van der Waals surface area contributed by atoms with Crippen LogP contribution in [-0.4, -0.2) is 17.8 Å². The van der Waals surface area contributed by atoms with Crippen molar-refractivity contribution >= 4 is 34.9 Å². The lowest BCUT2D eigenvalue weighted by Gasteiger charge is -2.07. The zero-order chi connectivity index (χ0) is 13.4. The fourth-order valence-electron chi connectivity index (χ4n) is 1.42. The summed E-state index contributed by atoms with van der Waals surface area (Å²) in [7, 11) is 0. The van der Waals surface area contributed by atoms with Gasteiger partial charge in [0.1, 0.15) is 0 Å². The van der Waals surface area contributed by atoms with Crippen molar-refractivity contribution in [3.05, 3.63) is 24.3 Å². The molecule has 1 aromatic carbocycles. The lowest BCUT2D eigenvalue weighted by atomic mass is 10.2. The molecule has 18 heavy (non-hydrogen) atoms. The average Bonchev–Trinajstić information content (AvgIpc) is 2.28. The Balaban J connectivity index is 2.51. The summed E-state index contributed by atoms with van der Waals surface area (Å²) < 4.78 is 0. The first-order valence-electron chi connectivity index (χ1n) is 5.64. The zero-order valence-corrected chi connectivity index (χ0v) is 10.7. The lowest BCUT2D eigenvalue weighted by molar-refractivity contribution is -0.116. The van der Waals surface area contributed by atoms with Gasteiger partial charge in [0.2, 0.25) is 5.91 Å². The standard InChI is InChI=1S/C12H16ClN3O2/c13-7-2-1-6-11(17)15-9-4-3-5-10(8-9)16-12(14)18/h3-5,8H,1-2,6-7H2,(H,15,17)(H3,14,16,18). The lowest BCUT2D eigenvalue weighted by Crippen LogP contribution is -2.19. The second-order valence-electron chi connectivity index (χ2n) is 3.76. The summed E-state index contributed by atoms with van der Waals surface area (Å²) in [5.41, 5.74) is 6.17. The highest BCUT2D eigenvalue weighted by Gasteiger charge is 2.03. The Kier molecular flexibility index (Phi) is 6.00. The third-order valence-corrected chi connectivity index (χ3v) is 2.47. The minimum Gasteiger partial charge on any atom is -0.351 e. The van der Waals surface area contributed by atoms with Gasteiger partial charge in [0.05, 0.1) is 0 Å². The maximum Gasteiger partial charge on any atom is 0.316 e. The number of rotatable bonds is 6. The molecule has 0 saturated carbocycles. The maximum atomic E-state index is 11.6. The van der Waals surface area contributed by atoms with E-state index in [0.29, 0.717) is 23.7 Å². The van der Waals surface area contributed by atoms with Crippen molar-refractivity contribution in [3.63, 3.8) is 0 Å². The second kappa shape index (κ2) is 7.55. The number of nitrogens with two attached hydrogens (primary N) is 1. The third-order valence-electron chi connectivity index (χ3n) is 2.20. The summed E-state index contributed by atoms with van der Waals surface area (Å²) in [6.45, 7) is 0. The van der Waals surface area contributed by atoms with E-state index in [4.69, 9.17) is 17.3 Å². The van der Waals surface area contributed by atoms with E-state index in [0.717, 1.165) is 12.8 Å². The maximum absolute atomic E-state index is 11.6. The molecule has 1 rings (SSSR count). The number of carbonyl (C=O) groups excluding carboxylic acids is 2. The molecule has 0 saturated heterocycles. The number of halogens is 1. The van der Waals surface area contributed by atoms with Crippen LogP contribution in [0.5, 0.6) is 0 Å². The second-order valence-corrected chi connectivity index (χ2v) is 4.14. The third kappa shape index (κ3) is 5.54. The van der Waals surface area contributed by atoms with E-state index < -0.39 is 6.03 Å². The van der Waals surface area contributed by atoms with E-state index in [1.54, 1.807) is 24.3 Å². The summed E-state index contributed by atoms with van der Waals surface area (Å²) in [5, 5.41) is 5.18. The molecule has 3 amide bonds. The van der Waals surface area contributed by atoms with Gasteiger partial charge in [0, 0.05) is 23.7 Å². The summed E-state index contributed by atoms with van der Waals surface area (Å²) in [6, 6.07) is 6.16. The SMILES string of the molecule is NC(=O)Nc1cccc(NC(=O)CCCCCl)c1. The molecule has 0 bridgehead atoms. The number of urea groups is 1. The van der Waals surface area contributed by atoms with E-state index in [1.807, 2.05) is 0 Å². The molecule has 4 N–H and O–H groups in total. The van der Waals surface area contributed by atoms with Crippen LogP contribution in [-0.2, 0) is 4.79 Å². The number of hydrogen-bond acceptors (Lipinski definition) is 2. The van der Waals surface area contributed by atoms with Crippen LogP contribution in [0, 0.1) is 0 Å². The topological polar surface area (TPSA) is 84.2 Å². The highest BCUT2D eigenvalue weighted by molar-refractivity contribution is 6.17. The largest absolute Gasteiger partial charge is 0.351 e. The minimum absolute atomic E-state index is 0.0728. The molecular formula is C12H16ClN3O2. The predicted molar refractivity (Wildman–Crippen MR) is 72.8 cm³/mol. The smallest absolute Gasteiger partial charge is 0.316 e. The van der Waals surface area contributed by atoms with Crippen LogP contribution in [0.15, 0.2) is 24.3 Å². The predicted octanol–water partition coefficient (Wildman–Crippen LogP) is 2.52. The molecule has 0 radical (unpaired) electrons. The first kappa shape index (κ1) is 14.3. The Morgan fingerprint density at radius 3 is 2.44 bits per heavy atom.